The van der Waals surface area contributed by atoms with Crippen molar-refractivity contribution in [2.75, 3.05) is 37.6 Å². The molecule has 2 aromatic rings. The molecule has 36 heavy (non-hydrogen) atoms. The Morgan fingerprint density at radius 3 is 2.58 bits per heavy atom. The highest BCUT2D eigenvalue weighted by atomic mass is 35.5. The summed E-state index contributed by atoms with van der Waals surface area (Å²) < 4.78 is 33.6. The van der Waals surface area contributed by atoms with Gasteiger partial charge in [0, 0.05) is 31.7 Å². The van der Waals surface area contributed by atoms with Crippen LogP contribution in [-0.2, 0) is 14.8 Å². The largest absolute Gasteiger partial charge is 0.497 e. The number of urea groups is 1. The summed E-state index contributed by atoms with van der Waals surface area (Å²) in [5.41, 5.74) is 0.167. The quantitative estimate of drug-likeness (QED) is 0.513. The number of sulfonamides is 1. The maximum absolute atomic E-state index is 13.6. The molecular weight excluding hydrogens is 504 g/mol. The topological polar surface area (TPSA) is 108 Å². The van der Waals surface area contributed by atoms with Crippen molar-refractivity contribution in [1.29, 1.82) is 0 Å². The van der Waals surface area contributed by atoms with E-state index in [0.717, 1.165) is 30.0 Å². The molecule has 0 aromatic heterocycles. The second-order valence-electron chi connectivity index (χ2n) is 9.12. The molecule has 11 heteroatoms. The number of methoxy groups -OCH3 is 1. The van der Waals surface area contributed by atoms with E-state index in [-0.39, 0.29) is 39.5 Å². The third kappa shape index (κ3) is 6.41. The highest BCUT2D eigenvalue weighted by Crippen LogP contribution is 2.34. The van der Waals surface area contributed by atoms with E-state index < -0.39 is 16.6 Å². The van der Waals surface area contributed by atoms with Crippen molar-refractivity contribution < 1.29 is 22.7 Å². The molecule has 1 unspecified atom stereocenters. The minimum absolute atomic E-state index is 0.0547. The van der Waals surface area contributed by atoms with Gasteiger partial charge in [-0.1, -0.05) is 29.8 Å². The Balaban J connectivity index is 1.51. The van der Waals surface area contributed by atoms with E-state index in [4.69, 9.17) is 16.3 Å². The van der Waals surface area contributed by atoms with Crippen LogP contribution in [0.25, 0.3) is 0 Å². The fourth-order valence-electron chi connectivity index (χ4n) is 4.21. The van der Waals surface area contributed by atoms with E-state index in [9.17, 15) is 18.0 Å². The third-order valence-corrected chi connectivity index (χ3v) is 8.46. The normalized spacial score (nSPS) is 17.8. The van der Waals surface area contributed by atoms with Crippen LogP contribution >= 0.6 is 11.6 Å². The summed E-state index contributed by atoms with van der Waals surface area (Å²) in [6, 6.07) is 12.7. The summed E-state index contributed by atoms with van der Waals surface area (Å²) in [4.78, 5) is 27.1. The average Bonchev–Trinajstić information content (AvgIpc) is 3.71. The van der Waals surface area contributed by atoms with Crippen LogP contribution in [0, 0.1) is 5.92 Å². The summed E-state index contributed by atoms with van der Waals surface area (Å²) >= 11 is 6.41. The number of nitrogens with one attached hydrogen (secondary N) is 2. The van der Waals surface area contributed by atoms with Gasteiger partial charge >= 0.3 is 6.03 Å². The summed E-state index contributed by atoms with van der Waals surface area (Å²) in [7, 11) is -2.62. The highest BCUT2D eigenvalue weighted by Gasteiger charge is 2.32. The van der Waals surface area contributed by atoms with Crippen molar-refractivity contribution in [2.24, 2.45) is 5.92 Å². The molecule has 1 saturated heterocycles. The molecule has 3 amide bonds. The van der Waals surface area contributed by atoms with Crippen LogP contribution in [0.15, 0.2) is 53.4 Å². The third-order valence-electron chi connectivity index (χ3n) is 6.37. The van der Waals surface area contributed by atoms with Crippen molar-refractivity contribution in [3.63, 3.8) is 0 Å². The Hall–Kier alpha value is -2.98. The Labute approximate surface area is 216 Å². The maximum Gasteiger partial charge on any atom is 0.315 e. The maximum atomic E-state index is 13.6. The number of hydrogen-bond acceptors (Lipinski definition) is 5. The number of hydrogen-bond donors (Lipinski definition) is 2. The van der Waals surface area contributed by atoms with E-state index in [1.54, 1.807) is 35.2 Å². The SMILES string of the molecule is COc1ccc(Cl)c(N(CC(=O)N2CCCC(CNC(=O)NC3CC3)C2)S(=O)(=O)c2ccccc2)c1. The molecule has 2 aromatic carbocycles. The lowest BCUT2D eigenvalue weighted by molar-refractivity contribution is -0.131. The Kier molecular flexibility index (Phi) is 8.25. The molecular formula is C25H31ClN4O5S. The first kappa shape index (κ1) is 26.1. The summed E-state index contributed by atoms with van der Waals surface area (Å²) in [6.45, 7) is 1.00. The molecule has 194 valence electrons. The first-order valence-electron chi connectivity index (χ1n) is 12.0. The van der Waals surface area contributed by atoms with Crippen molar-refractivity contribution >= 4 is 39.2 Å². The molecule has 1 aliphatic heterocycles. The zero-order chi connectivity index (χ0) is 25.7. The first-order valence-corrected chi connectivity index (χ1v) is 13.8. The molecule has 0 bridgehead atoms. The number of benzene rings is 2. The van der Waals surface area contributed by atoms with Gasteiger partial charge in [0.15, 0.2) is 0 Å². The smallest absolute Gasteiger partial charge is 0.315 e. The molecule has 2 aliphatic rings. The van der Waals surface area contributed by atoms with Crippen LogP contribution in [0.3, 0.4) is 0 Å². The van der Waals surface area contributed by atoms with Gasteiger partial charge < -0.3 is 20.3 Å². The number of anilines is 1. The average molecular weight is 535 g/mol. The Morgan fingerprint density at radius 1 is 1.14 bits per heavy atom. The van der Waals surface area contributed by atoms with Gasteiger partial charge in [0.05, 0.1) is 22.7 Å². The second kappa shape index (κ2) is 11.4. The van der Waals surface area contributed by atoms with E-state index in [1.807, 2.05) is 0 Å². The molecule has 2 fully saturated rings. The number of halogens is 1. The molecule has 1 heterocycles. The predicted octanol–water partition coefficient (Wildman–Crippen LogP) is 3.24. The lowest BCUT2D eigenvalue weighted by Gasteiger charge is -2.34. The van der Waals surface area contributed by atoms with Gasteiger partial charge in [-0.15, -0.1) is 0 Å². The van der Waals surface area contributed by atoms with Gasteiger partial charge in [-0.3, -0.25) is 9.10 Å². The zero-order valence-corrected chi connectivity index (χ0v) is 21.7. The first-order chi connectivity index (χ1) is 17.3. The summed E-state index contributed by atoms with van der Waals surface area (Å²) in [5.74, 6) is 0.177. The molecule has 0 radical (unpaired) electrons. The Morgan fingerprint density at radius 2 is 1.89 bits per heavy atom. The number of carbonyl (C=O) groups is 2. The van der Waals surface area contributed by atoms with Gasteiger partial charge in [0.2, 0.25) is 5.91 Å². The number of amides is 3. The number of rotatable bonds is 9. The monoisotopic (exact) mass is 534 g/mol. The molecule has 2 N–H and O–H groups in total. The van der Waals surface area contributed by atoms with Gasteiger partial charge in [-0.05, 0) is 55.9 Å². The summed E-state index contributed by atoms with van der Waals surface area (Å²) in [5, 5.41) is 5.97. The minimum atomic E-state index is -4.10. The van der Waals surface area contributed by atoms with Crippen molar-refractivity contribution in [2.45, 2.75) is 36.6 Å². The highest BCUT2D eigenvalue weighted by molar-refractivity contribution is 7.92. The molecule has 1 saturated carbocycles. The van der Waals surface area contributed by atoms with Crippen LogP contribution in [0.5, 0.6) is 5.75 Å². The fraction of sp³-hybridized carbons (Fsp3) is 0.440. The Bertz CT molecular complexity index is 1190. The lowest BCUT2D eigenvalue weighted by Crippen LogP contribution is -2.49. The van der Waals surface area contributed by atoms with E-state index >= 15 is 0 Å². The predicted molar refractivity (Wildman–Crippen MR) is 138 cm³/mol. The van der Waals surface area contributed by atoms with E-state index in [1.165, 1.54) is 25.3 Å². The number of nitrogens with zero attached hydrogens (tertiary/aromatic N) is 2. The van der Waals surface area contributed by atoms with Crippen molar-refractivity contribution in [1.82, 2.24) is 15.5 Å². The molecule has 0 spiro atoms. The van der Waals surface area contributed by atoms with Gasteiger partial charge in [0.25, 0.3) is 10.0 Å². The fourth-order valence-corrected chi connectivity index (χ4v) is 5.93. The number of carbonyl (C=O) groups excluding carboxylic acids is 2. The van der Waals surface area contributed by atoms with E-state index in [2.05, 4.69) is 10.6 Å². The number of likely N-dealkylation sites (tertiary alicyclic amines) is 1. The molecule has 1 aliphatic carbocycles. The molecule has 1 atom stereocenters. The lowest BCUT2D eigenvalue weighted by atomic mass is 9.98. The van der Waals surface area contributed by atoms with Crippen LogP contribution < -0.4 is 19.7 Å². The number of piperidine rings is 1. The zero-order valence-electron chi connectivity index (χ0n) is 20.2. The van der Waals surface area contributed by atoms with Crippen LogP contribution in [0.1, 0.15) is 25.7 Å². The van der Waals surface area contributed by atoms with Gasteiger partial charge in [0.1, 0.15) is 12.3 Å². The second-order valence-corrected chi connectivity index (χ2v) is 11.4. The van der Waals surface area contributed by atoms with Crippen molar-refractivity contribution in [3.8, 4) is 5.75 Å². The minimum Gasteiger partial charge on any atom is -0.497 e. The number of ether oxygens (including phenoxy) is 1. The summed E-state index contributed by atoms with van der Waals surface area (Å²) in [6.07, 6.45) is 3.67. The van der Waals surface area contributed by atoms with E-state index in [0.29, 0.717) is 25.4 Å². The van der Waals surface area contributed by atoms with Crippen molar-refractivity contribution in [3.05, 3.63) is 53.6 Å². The van der Waals surface area contributed by atoms with Gasteiger partial charge in [-0.2, -0.15) is 0 Å². The van der Waals surface area contributed by atoms with Crippen LogP contribution in [0.4, 0.5) is 10.5 Å². The van der Waals surface area contributed by atoms with Crippen LogP contribution in [-0.4, -0.2) is 64.6 Å². The standard InChI is InChI=1S/C25H31ClN4O5S/c1-35-20-11-12-22(26)23(14-20)30(36(33,34)21-7-3-2-4-8-21)17-24(31)29-13-5-6-18(16-29)15-27-25(32)28-19-9-10-19/h2-4,7-8,11-12,14,18-19H,5-6,9-10,13,15-17H2,1H3,(H2,27,28,32). The molecule has 4 rings (SSSR count). The molecule has 9 nitrogen and oxygen atoms in total. The van der Waals surface area contributed by atoms with Gasteiger partial charge in [-0.25, -0.2) is 13.2 Å². The van der Waals surface area contributed by atoms with Crippen LogP contribution in [0.2, 0.25) is 5.02 Å².